The monoisotopic (exact) mass is 1620 g/mol. The SMILES string of the molecule is CC(=O)N[C@@H]1[C@H](O[C@@H]2[C@@H](O[C@@H]3[C@H](O)[C@H](O[C@H]4[C@H](O)[C@@H](NC(C)=O)[C@H](O[C@H]5[C@H](O)[C@@H](NC(C)=O)[C@H](O)O[C@@H]5CO[C@H]5O[C@@H](C)[C@@H](O)[C@@H](O)[C@@H]5O)O[C@@H]4CO)O[C@H](CO[C@H]4O[C@H](CO)[C@@H](O)[C@H](O)[C@@H]4O[C@@H]4O[C@H](CO)[C@@H](O[C@H]5O[C@H](CO)[C@H](O)[C@H](O)[C@H]5O)[C@H](O)[C@H]4NC(C)=O)[C@H]3O)O[C@H](CO)[C@@H](O)[C@@H]2O)O[C@H](CO)[C@@H](O)[C@@H]1O. The van der Waals surface area contributed by atoms with Crippen LogP contribution in [0, 0.1) is 0 Å². The topological polar surface area (TPSA) is 759 Å². The van der Waals surface area contributed by atoms with E-state index < -0.39 is 353 Å². The van der Waals surface area contributed by atoms with E-state index in [0.29, 0.717) is 0 Å². The van der Waals surface area contributed by atoms with Crippen LogP contribution in [0.3, 0.4) is 0 Å². The van der Waals surface area contributed by atoms with Crippen LogP contribution in [0.4, 0.5) is 0 Å². The molecule has 0 unspecified atom stereocenters. The molecule has 9 rings (SSSR count). The molecule has 0 saturated carbocycles. The van der Waals surface area contributed by atoms with Crippen molar-refractivity contribution >= 4 is 23.6 Å². The van der Waals surface area contributed by atoms with Gasteiger partial charge in [0.1, 0.15) is 213 Å². The third kappa shape index (κ3) is 20.3. The Kier molecular flexibility index (Phi) is 32.6. The molecule has 9 saturated heterocycles. The van der Waals surface area contributed by atoms with Crippen molar-refractivity contribution in [2.75, 3.05) is 52.9 Å². The van der Waals surface area contributed by atoms with Crippen molar-refractivity contribution in [2.24, 2.45) is 0 Å². The van der Waals surface area contributed by atoms with E-state index in [4.69, 9.17) is 80.5 Å². The van der Waals surface area contributed by atoms with Crippen LogP contribution in [0.5, 0.6) is 0 Å². The minimum Gasteiger partial charge on any atom is -0.394 e. The van der Waals surface area contributed by atoms with E-state index in [9.17, 15) is 142 Å². The molecule has 0 aromatic carbocycles. The number of amides is 4. The lowest BCUT2D eigenvalue weighted by molar-refractivity contribution is -0.396. The standard InChI is InChI=1S/C62H104N4O45/c1-14-31(77)41(87)45(91)58(97-14)95-13-26-50(38(84)27(54(94)98-26)63-15(2)73)106-56-29(65-17(4)75)39(85)49(24(11-72)103-56)108-60-47(93)51(109-62-53(44(90)35(81)22(9-70)102-62)111-55-28(64-16(3)74)37(83)32(78)19(6-67)99-55)36(82)25(105-60)12-96-61-52(43(89)34(80)21(8-69)101-61)110-57-30(66-18(5)76)40(86)48(23(10-71)104-57)107-59-46(92)42(88)33(79)20(7-68)100-59/h14,19-62,67-72,77-94H,6-13H2,1-5H3,(H,63,73)(H,64,74)(H,65,75)(H,66,76)/t14-,19+,20+,21+,22+,23+,24+,25+,26+,27+,28-,29+,30+,31+,32+,33-,34+,35+,36+,37+,38+,39+,40+,41+,42-,43-,44-,45-,46+,47-,48+,49+,50+,51-,52-,53-,54+,55-,56-,57-,58-,59+,60-,61-,62+/m0/s1. The fraction of sp³-hybridized carbons (Fsp3) is 0.935. The lowest BCUT2D eigenvalue weighted by Crippen LogP contribution is -2.71. The fourth-order valence-corrected chi connectivity index (χ4v) is 14.3. The Labute approximate surface area is 629 Å². The van der Waals surface area contributed by atoms with Crippen LogP contribution in [0.2, 0.25) is 0 Å². The van der Waals surface area contributed by atoms with E-state index in [-0.39, 0.29) is 0 Å². The minimum atomic E-state index is -2.55. The van der Waals surface area contributed by atoms with Crippen molar-refractivity contribution in [3.8, 4) is 0 Å². The number of hydrogen-bond donors (Lipinski definition) is 28. The maximum absolute atomic E-state index is 13.2. The Bertz CT molecular complexity index is 2950. The normalized spacial score (nSPS) is 49.3. The van der Waals surface area contributed by atoms with Crippen LogP contribution in [-0.4, -0.2) is 475 Å². The van der Waals surface area contributed by atoms with E-state index in [1.54, 1.807) is 0 Å². The Morgan fingerprint density at radius 2 is 0.559 bits per heavy atom. The van der Waals surface area contributed by atoms with Crippen molar-refractivity contribution in [1.29, 1.82) is 0 Å². The zero-order valence-electron chi connectivity index (χ0n) is 59.9. The predicted molar refractivity (Wildman–Crippen MR) is 342 cm³/mol. The average molecular weight is 1630 g/mol. The predicted octanol–water partition coefficient (Wildman–Crippen LogP) is -19.0. The van der Waals surface area contributed by atoms with Gasteiger partial charge >= 0.3 is 0 Å². The second-order valence-electron chi connectivity index (χ2n) is 28.2. The first-order valence-electron chi connectivity index (χ1n) is 35.5. The smallest absolute Gasteiger partial charge is 0.217 e. The largest absolute Gasteiger partial charge is 0.394 e. The summed E-state index contributed by atoms with van der Waals surface area (Å²) in [5.41, 5.74) is 0. The number of aliphatic hydroxyl groups is 24. The van der Waals surface area contributed by atoms with Gasteiger partial charge < -0.3 is 224 Å². The molecule has 49 nitrogen and oxygen atoms in total. The highest BCUT2D eigenvalue weighted by Crippen LogP contribution is 2.40. The summed E-state index contributed by atoms with van der Waals surface area (Å²) in [7, 11) is 0. The molecule has 9 aliphatic heterocycles. The summed E-state index contributed by atoms with van der Waals surface area (Å²) in [5.74, 6) is -3.59. The maximum atomic E-state index is 13.2. The molecule has 0 aromatic heterocycles. The highest BCUT2D eigenvalue weighted by atomic mass is 16.8. The third-order valence-electron chi connectivity index (χ3n) is 20.3. The van der Waals surface area contributed by atoms with Gasteiger partial charge in [-0.25, -0.2) is 0 Å². The molecule has 0 aliphatic carbocycles. The van der Waals surface area contributed by atoms with Crippen molar-refractivity contribution < 1.29 is 222 Å². The Morgan fingerprint density at radius 1 is 0.252 bits per heavy atom. The lowest BCUT2D eigenvalue weighted by atomic mass is 9.93. The Morgan fingerprint density at radius 3 is 1.03 bits per heavy atom. The van der Waals surface area contributed by atoms with Gasteiger partial charge in [0.2, 0.25) is 23.6 Å². The fourth-order valence-electron chi connectivity index (χ4n) is 14.3. The number of hydrogen-bond acceptors (Lipinski definition) is 45. The van der Waals surface area contributed by atoms with Crippen molar-refractivity contribution in [2.45, 2.75) is 311 Å². The summed E-state index contributed by atoms with van der Waals surface area (Å²) in [4.78, 5) is 50.9. The van der Waals surface area contributed by atoms with Gasteiger partial charge in [0, 0.05) is 27.7 Å². The van der Waals surface area contributed by atoms with E-state index in [1.807, 2.05) is 0 Å². The zero-order chi connectivity index (χ0) is 81.8. The molecule has 28 N–H and O–H groups in total. The molecule has 45 atom stereocenters. The third-order valence-corrected chi connectivity index (χ3v) is 20.3. The molecule has 642 valence electrons. The first-order chi connectivity index (χ1) is 52.4. The first kappa shape index (κ1) is 91.1. The average Bonchev–Trinajstić information content (AvgIpc) is 0.768. The second kappa shape index (κ2) is 39.7. The Balaban J connectivity index is 1.05. The van der Waals surface area contributed by atoms with Crippen molar-refractivity contribution in [1.82, 2.24) is 21.3 Å². The molecule has 9 heterocycles. The van der Waals surface area contributed by atoms with Gasteiger partial charge in [-0.15, -0.1) is 0 Å². The highest BCUT2D eigenvalue weighted by Gasteiger charge is 2.61. The van der Waals surface area contributed by atoms with E-state index >= 15 is 0 Å². The number of aliphatic hydroxyl groups excluding tert-OH is 24. The molecular weight excluding hydrogens is 1520 g/mol. The van der Waals surface area contributed by atoms with Crippen molar-refractivity contribution in [3.05, 3.63) is 0 Å². The van der Waals surface area contributed by atoms with Crippen molar-refractivity contribution in [3.63, 3.8) is 0 Å². The summed E-state index contributed by atoms with van der Waals surface area (Å²) in [6, 6.07) is -7.39. The van der Waals surface area contributed by atoms with Gasteiger partial charge in [-0.2, -0.15) is 0 Å². The van der Waals surface area contributed by atoms with E-state index in [0.717, 1.165) is 27.7 Å². The highest BCUT2D eigenvalue weighted by molar-refractivity contribution is 5.74. The van der Waals surface area contributed by atoms with E-state index in [2.05, 4.69) is 21.3 Å². The molecule has 0 bridgehead atoms. The molecular formula is C62H104N4O45. The van der Waals surface area contributed by atoms with Gasteiger partial charge in [0.15, 0.2) is 56.6 Å². The molecule has 9 aliphatic rings. The molecule has 0 radical (unpaired) electrons. The summed E-state index contributed by atoms with van der Waals surface area (Å²) in [6.07, 6.45) is -83.2. The first-order valence-corrected chi connectivity index (χ1v) is 35.5. The summed E-state index contributed by atoms with van der Waals surface area (Å²) < 4.78 is 101. The number of rotatable bonds is 28. The van der Waals surface area contributed by atoms with Crippen LogP contribution >= 0.6 is 0 Å². The minimum absolute atomic E-state index is 0.827. The maximum Gasteiger partial charge on any atom is 0.217 e. The summed E-state index contributed by atoms with van der Waals surface area (Å²) >= 11 is 0. The summed E-state index contributed by atoms with van der Waals surface area (Å²) in [6.45, 7) is -3.36. The number of ether oxygens (including phenoxy) is 17. The van der Waals surface area contributed by atoms with Gasteiger partial charge in [0.05, 0.1) is 59.0 Å². The molecule has 49 heteroatoms. The van der Waals surface area contributed by atoms with Crippen LogP contribution in [0.25, 0.3) is 0 Å². The van der Waals surface area contributed by atoms with Crippen LogP contribution in [0.15, 0.2) is 0 Å². The number of carbonyl (C=O) groups excluding carboxylic acids is 4. The summed E-state index contributed by atoms with van der Waals surface area (Å²) in [5, 5.41) is 276. The molecule has 0 aromatic rings. The molecule has 111 heavy (non-hydrogen) atoms. The molecule has 0 spiro atoms. The Hall–Kier alpha value is -3.76. The van der Waals surface area contributed by atoms with Crippen LogP contribution in [0.1, 0.15) is 34.6 Å². The quantitative estimate of drug-likeness (QED) is 0.0346. The number of carbonyl (C=O) groups is 4. The van der Waals surface area contributed by atoms with E-state index in [1.165, 1.54) is 6.92 Å². The second-order valence-corrected chi connectivity index (χ2v) is 28.2. The van der Waals surface area contributed by atoms with Crippen LogP contribution < -0.4 is 21.3 Å². The lowest BCUT2D eigenvalue weighted by Gasteiger charge is -2.51. The van der Waals surface area contributed by atoms with Gasteiger partial charge in [-0.1, -0.05) is 0 Å². The van der Waals surface area contributed by atoms with Crippen LogP contribution in [-0.2, 0) is 99.7 Å². The number of nitrogens with one attached hydrogen (secondary N) is 4. The molecule has 4 amide bonds. The van der Waals surface area contributed by atoms with Gasteiger partial charge in [0.25, 0.3) is 0 Å². The molecule has 9 fully saturated rings. The van der Waals surface area contributed by atoms with Gasteiger partial charge in [-0.3, -0.25) is 19.2 Å². The zero-order valence-corrected chi connectivity index (χ0v) is 59.9. The van der Waals surface area contributed by atoms with Gasteiger partial charge in [-0.05, 0) is 6.92 Å².